The number of hydrogen-bond acceptors (Lipinski definition) is 3. The fourth-order valence-electron chi connectivity index (χ4n) is 2.71. The van der Waals surface area contributed by atoms with Gasteiger partial charge in [-0.1, -0.05) is 6.07 Å². The Labute approximate surface area is 117 Å². The summed E-state index contributed by atoms with van der Waals surface area (Å²) in [4.78, 5) is 26.8. The molecule has 106 valence electrons. The third kappa shape index (κ3) is 2.07. The highest BCUT2D eigenvalue weighted by molar-refractivity contribution is 5.97. The molecule has 0 radical (unpaired) electrons. The van der Waals surface area contributed by atoms with Crippen molar-refractivity contribution in [3.8, 4) is 5.75 Å². The average molecular weight is 275 g/mol. The van der Waals surface area contributed by atoms with Crippen molar-refractivity contribution < 1.29 is 14.3 Å². The van der Waals surface area contributed by atoms with Crippen LogP contribution in [-0.4, -0.2) is 42.6 Å². The fourth-order valence-corrected chi connectivity index (χ4v) is 2.71. The van der Waals surface area contributed by atoms with Gasteiger partial charge >= 0.3 is 6.03 Å². The minimum atomic E-state index is -0.393. The first-order chi connectivity index (χ1) is 9.56. The van der Waals surface area contributed by atoms with Crippen LogP contribution in [0.4, 0.5) is 10.5 Å². The second kappa shape index (κ2) is 4.70. The summed E-state index contributed by atoms with van der Waals surface area (Å²) < 4.78 is 5.70. The van der Waals surface area contributed by atoms with E-state index in [1.165, 1.54) is 0 Å². The summed E-state index contributed by atoms with van der Waals surface area (Å²) in [6.07, 6.45) is 0.188. The number of benzene rings is 1. The molecule has 6 heteroatoms. The van der Waals surface area contributed by atoms with Gasteiger partial charge in [0.25, 0.3) is 0 Å². The number of nitrogens with zero attached hydrogens (tertiary/aromatic N) is 2. The molecule has 0 saturated carbocycles. The van der Waals surface area contributed by atoms with Crippen LogP contribution in [-0.2, 0) is 4.79 Å². The predicted octanol–water partition coefficient (Wildman–Crippen LogP) is 0.873. The van der Waals surface area contributed by atoms with Gasteiger partial charge in [0.1, 0.15) is 12.4 Å². The first kappa shape index (κ1) is 12.8. The van der Waals surface area contributed by atoms with Gasteiger partial charge in [-0.3, -0.25) is 9.69 Å². The molecule has 0 bridgehead atoms. The van der Waals surface area contributed by atoms with Gasteiger partial charge in [0.05, 0.1) is 11.7 Å². The number of carbonyl (C=O) groups excluding carboxylic acids is 2. The lowest BCUT2D eigenvalue weighted by molar-refractivity contribution is -0.118. The van der Waals surface area contributed by atoms with Crippen LogP contribution < -0.4 is 15.4 Å². The molecule has 0 spiro atoms. The highest BCUT2D eigenvalue weighted by Gasteiger charge is 2.42. The highest BCUT2D eigenvalue weighted by Crippen LogP contribution is 2.37. The molecule has 3 amide bonds. The van der Waals surface area contributed by atoms with E-state index >= 15 is 0 Å². The van der Waals surface area contributed by atoms with Crippen LogP contribution in [0.15, 0.2) is 18.2 Å². The Morgan fingerprint density at radius 2 is 2.30 bits per heavy atom. The maximum absolute atomic E-state index is 12.5. The summed E-state index contributed by atoms with van der Waals surface area (Å²) in [5.74, 6) is 0.340. The molecular weight excluding hydrogens is 258 g/mol. The van der Waals surface area contributed by atoms with Crippen molar-refractivity contribution in [1.29, 1.82) is 0 Å². The number of carbonyl (C=O) groups is 2. The smallest absolute Gasteiger partial charge is 0.325 e. The Bertz CT molecular complexity index is 573. The van der Waals surface area contributed by atoms with E-state index in [0.717, 1.165) is 17.0 Å². The maximum Gasteiger partial charge on any atom is 0.325 e. The van der Waals surface area contributed by atoms with E-state index in [0.29, 0.717) is 19.7 Å². The molecular formula is C14H17N3O3. The predicted molar refractivity (Wildman–Crippen MR) is 73.7 cm³/mol. The second-order valence-electron chi connectivity index (χ2n) is 5.25. The number of urea groups is 1. The van der Waals surface area contributed by atoms with Crippen LogP contribution in [0.5, 0.6) is 5.75 Å². The highest BCUT2D eigenvalue weighted by atomic mass is 16.5. The summed E-state index contributed by atoms with van der Waals surface area (Å²) in [7, 11) is 0. The van der Waals surface area contributed by atoms with E-state index in [4.69, 9.17) is 10.5 Å². The maximum atomic E-state index is 12.5. The molecule has 3 rings (SSSR count). The van der Waals surface area contributed by atoms with Gasteiger partial charge in [-0.2, -0.15) is 0 Å². The Morgan fingerprint density at radius 3 is 3.05 bits per heavy atom. The van der Waals surface area contributed by atoms with E-state index in [1.54, 1.807) is 9.80 Å². The normalized spacial score (nSPS) is 20.4. The molecule has 1 saturated heterocycles. The number of fused-ring (bicyclic) bond motifs is 3. The molecule has 0 aromatic heterocycles. The minimum absolute atomic E-state index is 0.00433. The van der Waals surface area contributed by atoms with Crippen LogP contribution in [0.2, 0.25) is 0 Å². The average Bonchev–Trinajstić information content (AvgIpc) is 2.73. The molecule has 2 N–H and O–H groups in total. The molecule has 0 aliphatic carbocycles. The Morgan fingerprint density at radius 1 is 1.50 bits per heavy atom. The van der Waals surface area contributed by atoms with Gasteiger partial charge in [0.2, 0.25) is 5.91 Å². The van der Waals surface area contributed by atoms with Gasteiger partial charge in [-0.15, -0.1) is 0 Å². The largest absolute Gasteiger partial charge is 0.489 e. The first-order valence-electron chi connectivity index (χ1n) is 6.66. The van der Waals surface area contributed by atoms with E-state index in [2.05, 4.69) is 0 Å². The minimum Gasteiger partial charge on any atom is -0.489 e. The lowest BCUT2D eigenvalue weighted by atomic mass is 10.1. The monoisotopic (exact) mass is 275 g/mol. The van der Waals surface area contributed by atoms with Crippen molar-refractivity contribution in [2.24, 2.45) is 5.73 Å². The van der Waals surface area contributed by atoms with Crippen molar-refractivity contribution in [3.05, 3.63) is 23.8 Å². The van der Waals surface area contributed by atoms with Gasteiger partial charge in [0, 0.05) is 19.5 Å². The molecule has 2 heterocycles. The summed E-state index contributed by atoms with van der Waals surface area (Å²) >= 11 is 0. The standard InChI is InChI=1S/C14H17N3O3/c1-9-2-3-12-11(6-9)17-10(8-20-12)7-16(14(17)19)5-4-13(15)18/h2-3,6,10H,4-5,7-8H2,1H3,(H2,15,18). The van der Waals surface area contributed by atoms with Gasteiger partial charge in [0.15, 0.2) is 0 Å². The van der Waals surface area contributed by atoms with Crippen LogP contribution >= 0.6 is 0 Å². The number of primary amides is 1. The van der Waals surface area contributed by atoms with Gasteiger partial charge in [-0.05, 0) is 24.6 Å². The number of aryl methyl sites for hydroxylation is 1. The van der Waals surface area contributed by atoms with Gasteiger partial charge in [-0.25, -0.2) is 4.79 Å². The van der Waals surface area contributed by atoms with E-state index in [-0.39, 0.29) is 18.5 Å². The molecule has 20 heavy (non-hydrogen) atoms. The Kier molecular flexibility index (Phi) is 3.00. The summed E-state index contributed by atoms with van der Waals surface area (Å²) in [5, 5.41) is 0. The summed E-state index contributed by atoms with van der Waals surface area (Å²) in [6.45, 7) is 3.39. The fraction of sp³-hybridized carbons (Fsp3) is 0.429. The third-order valence-electron chi connectivity index (χ3n) is 3.71. The van der Waals surface area contributed by atoms with Crippen LogP contribution in [0.25, 0.3) is 0 Å². The number of ether oxygens (including phenoxy) is 1. The zero-order valence-corrected chi connectivity index (χ0v) is 11.3. The van der Waals surface area contributed by atoms with Gasteiger partial charge < -0.3 is 15.4 Å². The van der Waals surface area contributed by atoms with Crippen LogP contribution in [0.3, 0.4) is 0 Å². The van der Waals surface area contributed by atoms with Crippen molar-refractivity contribution in [1.82, 2.24) is 4.90 Å². The molecule has 1 fully saturated rings. The molecule has 6 nitrogen and oxygen atoms in total. The number of hydrogen-bond donors (Lipinski definition) is 1. The lowest BCUT2D eigenvalue weighted by Crippen LogP contribution is -2.41. The summed E-state index contributed by atoms with van der Waals surface area (Å²) in [6, 6.07) is 5.73. The molecule has 2 aliphatic rings. The molecule has 1 atom stereocenters. The molecule has 1 unspecified atom stereocenters. The Balaban J connectivity index is 1.86. The number of anilines is 1. The first-order valence-corrected chi connectivity index (χ1v) is 6.66. The molecule has 2 aliphatic heterocycles. The number of nitrogens with two attached hydrogens (primary N) is 1. The van der Waals surface area contributed by atoms with Crippen LogP contribution in [0.1, 0.15) is 12.0 Å². The zero-order chi connectivity index (χ0) is 14.3. The number of rotatable bonds is 3. The third-order valence-corrected chi connectivity index (χ3v) is 3.71. The second-order valence-corrected chi connectivity index (χ2v) is 5.25. The van der Waals surface area contributed by atoms with Crippen molar-refractivity contribution in [3.63, 3.8) is 0 Å². The summed E-state index contributed by atoms with van der Waals surface area (Å²) in [5.41, 5.74) is 7.04. The van der Waals surface area contributed by atoms with Crippen molar-refractivity contribution in [2.75, 3.05) is 24.6 Å². The van der Waals surface area contributed by atoms with E-state index < -0.39 is 5.91 Å². The van der Waals surface area contributed by atoms with Crippen molar-refractivity contribution >= 4 is 17.6 Å². The van der Waals surface area contributed by atoms with E-state index in [1.807, 2.05) is 25.1 Å². The molecule has 1 aromatic carbocycles. The molecule has 1 aromatic rings. The number of amides is 3. The topological polar surface area (TPSA) is 75.9 Å². The Hall–Kier alpha value is -2.24. The van der Waals surface area contributed by atoms with E-state index in [9.17, 15) is 9.59 Å². The zero-order valence-electron chi connectivity index (χ0n) is 11.3. The SMILES string of the molecule is Cc1ccc2c(c1)N1C(=O)N(CCC(N)=O)CC1CO2. The lowest BCUT2D eigenvalue weighted by Gasteiger charge is -2.30. The van der Waals surface area contributed by atoms with Crippen molar-refractivity contribution in [2.45, 2.75) is 19.4 Å². The quantitative estimate of drug-likeness (QED) is 0.889. The van der Waals surface area contributed by atoms with Crippen LogP contribution in [0, 0.1) is 6.92 Å².